The third-order valence-electron chi connectivity index (χ3n) is 3.36. The van der Waals surface area contributed by atoms with E-state index < -0.39 is 5.82 Å². The molecule has 0 radical (unpaired) electrons. The maximum absolute atomic E-state index is 14.1. The first-order valence-corrected chi connectivity index (χ1v) is 6.31. The minimum atomic E-state index is -0.602. The van der Waals surface area contributed by atoms with E-state index in [0.717, 1.165) is 12.8 Å². The third-order valence-corrected chi connectivity index (χ3v) is 3.36. The number of methoxy groups -OCH3 is 1. The summed E-state index contributed by atoms with van der Waals surface area (Å²) in [6.45, 7) is 1.14. The van der Waals surface area contributed by atoms with E-state index in [1.807, 2.05) is 0 Å². The average Bonchev–Trinajstić information content (AvgIpc) is 2.47. The van der Waals surface area contributed by atoms with Crippen molar-refractivity contribution < 1.29 is 13.9 Å². The highest BCUT2D eigenvalue weighted by atomic mass is 19.1. The molecule has 1 aliphatic heterocycles. The molecule has 2 rings (SSSR count). The number of rotatable bonds is 3. The van der Waals surface area contributed by atoms with Crippen molar-refractivity contribution >= 4 is 11.7 Å². The summed E-state index contributed by atoms with van der Waals surface area (Å²) < 4.78 is 19.3. The molecule has 1 saturated heterocycles. The van der Waals surface area contributed by atoms with Crippen LogP contribution in [0.1, 0.15) is 23.2 Å². The highest BCUT2D eigenvalue weighted by molar-refractivity contribution is 5.95. The van der Waals surface area contributed by atoms with Crippen LogP contribution in [0.2, 0.25) is 0 Å². The van der Waals surface area contributed by atoms with Crippen molar-refractivity contribution in [3.8, 4) is 0 Å². The lowest BCUT2D eigenvalue weighted by Crippen LogP contribution is -2.43. The highest BCUT2D eigenvalue weighted by Crippen LogP contribution is 2.19. The molecule has 5 nitrogen and oxygen atoms in total. The Morgan fingerprint density at radius 2 is 2.42 bits per heavy atom. The van der Waals surface area contributed by atoms with E-state index in [-0.39, 0.29) is 23.4 Å². The Morgan fingerprint density at radius 3 is 3.11 bits per heavy atom. The molecule has 1 unspecified atom stereocenters. The summed E-state index contributed by atoms with van der Waals surface area (Å²) in [4.78, 5) is 17.8. The number of hydrogen-bond donors (Lipinski definition) is 1. The molecular formula is C13H18FN3O2. The number of nitrogens with zero attached hydrogens (tertiary/aromatic N) is 2. The van der Waals surface area contributed by atoms with E-state index in [1.54, 1.807) is 19.1 Å². The van der Waals surface area contributed by atoms with Crippen molar-refractivity contribution in [2.45, 2.75) is 18.9 Å². The Bertz CT molecular complexity index is 467. The van der Waals surface area contributed by atoms with Gasteiger partial charge in [0, 0.05) is 33.4 Å². The molecule has 1 atom stereocenters. The molecule has 1 aromatic rings. The molecule has 0 bridgehead atoms. The summed E-state index contributed by atoms with van der Waals surface area (Å²) in [7, 11) is 3.20. The van der Waals surface area contributed by atoms with Crippen molar-refractivity contribution in [2.24, 2.45) is 0 Å². The van der Waals surface area contributed by atoms with Gasteiger partial charge in [-0.1, -0.05) is 0 Å². The summed E-state index contributed by atoms with van der Waals surface area (Å²) in [5.74, 6) is -0.821. The Balaban J connectivity index is 2.19. The van der Waals surface area contributed by atoms with Gasteiger partial charge in [-0.2, -0.15) is 0 Å². The zero-order valence-corrected chi connectivity index (χ0v) is 11.1. The lowest BCUT2D eigenvalue weighted by Gasteiger charge is -2.32. The molecule has 1 amide bonds. The van der Waals surface area contributed by atoms with Crippen molar-refractivity contribution in [3.63, 3.8) is 0 Å². The van der Waals surface area contributed by atoms with Crippen LogP contribution >= 0.6 is 0 Å². The van der Waals surface area contributed by atoms with Crippen LogP contribution < -0.4 is 5.32 Å². The quantitative estimate of drug-likeness (QED) is 0.902. The number of nitrogens with one attached hydrogen (secondary N) is 1. The molecule has 19 heavy (non-hydrogen) atoms. The number of carbonyl (C=O) groups is 1. The fraction of sp³-hybridized carbons (Fsp3) is 0.538. The van der Waals surface area contributed by atoms with Crippen molar-refractivity contribution in [1.29, 1.82) is 0 Å². The van der Waals surface area contributed by atoms with E-state index in [0.29, 0.717) is 13.1 Å². The first-order chi connectivity index (χ1) is 9.17. The van der Waals surface area contributed by atoms with E-state index in [2.05, 4.69) is 10.3 Å². The molecule has 1 fully saturated rings. The molecule has 1 aliphatic rings. The number of likely N-dealkylation sites (tertiary alicyclic amines) is 1. The van der Waals surface area contributed by atoms with E-state index >= 15 is 0 Å². The molecule has 6 heteroatoms. The number of carbonyl (C=O) groups excluding carboxylic acids is 1. The molecular weight excluding hydrogens is 249 g/mol. The van der Waals surface area contributed by atoms with Gasteiger partial charge in [-0.3, -0.25) is 4.79 Å². The Hall–Kier alpha value is -1.69. The first kappa shape index (κ1) is 13.7. The van der Waals surface area contributed by atoms with Crippen LogP contribution in [0.3, 0.4) is 0 Å². The van der Waals surface area contributed by atoms with Gasteiger partial charge < -0.3 is 15.0 Å². The van der Waals surface area contributed by atoms with E-state index in [1.165, 1.54) is 12.3 Å². The fourth-order valence-corrected chi connectivity index (χ4v) is 2.27. The SMILES string of the molecule is CNc1nccc(C(=O)N2CCCC(OC)C2)c1F. The van der Waals surface area contributed by atoms with Crippen LogP contribution in [-0.2, 0) is 4.74 Å². The maximum Gasteiger partial charge on any atom is 0.257 e. The second-order valence-corrected chi connectivity index (χ2v) is 4.52. The lowest BCUT2D eigenvalue weighted by molar-refractivity contribution is 0.0266. The minimum Gasteiger partial charge on any atom is -0.380 e. The molecule has 2 heterocycles. The zero-order chi connectivity index (χ0) is 13.8. The molecule has 0 spiro atoms. The predicted molar refractivity (Wildman–Crippen MR) is 69.7 cm³/mol. The molecule has 104 valence electrons. The average molecular weight is 267 g/mol. The predicted octanol–water partition coefficient (Wildman–Crippen LogP) is 1.51. The van der Waals surface area contributed by atoms with Crippen molar-refractivity contribution in [3.05, 3.63) is 23.6 Å². The summed E-state index contributed by atoms with van der Waals surface area (Å²) in [6, 6.07) is 1.41. The highest BCUT2D eigenvalue weighted by Gasteiger charge is 2.26. The van der Waals surface area contributed by atoms with Crippen LogP contribution in [0.25, 0.3) is 0 Å². The Labute approximate surface area is 111 Å². The van der Waals surface area contributed by atoms with E-state index in [9.17, 15) is 9.18 Å². The molecule has 1 N–H and O–H groups in total. The molecule has 0 saturated carbocycles. The number of aromatic nitrogens is 1. The van der Waals surface area contributed by atoms with Gasteiger partial charge in [-0.15, -0.1) is 0 Å². The monoisotopic (exact) mass is 267 g/mol. The smallest absolute Gasteiger partial charge is 0.257 e. The van der Waals surface area contributed by atoms with Gasteiger partial charge in [-0.25, -0.2) is 9.37 Å². The number of halogens is 1. The van der Waals surface area contributed by atoms with Gasteiger partial charge in [0.05, 0.1) is 11.7 Å². The van der Waals surface area contributed by atoms with Crippen molar-refractivity contribution in [1.82, 2.24) is 9.88 Å². The van der Waals surface area contributed by atoms with Gasteiger partial charge in [0.25, 0.3) is 5.91 Å². The van der Waals surface area contributed by atoms with Crippen molar-refractivity contribution in [2.75, 3.05) is 32.6 Å². The van der Waals surface area contributed by atoms with Crippen LogP contribution in [0.15, 0.2) is 12.3 Å². The molecule has 1 aromatic heterocycles. The van der Waals surface area contributed by atoms with Gasteiger partial charge in [0.15, 0.2) is 11.6 Å². The fourth-order valence-electron chi connectivity index (χ4n) is 2.27. The summed E-state index contributed by atoms with van der Waals surface area (Å²) in [5, 5.41) is 2.63. The number of piperidine rings is 1. The standard InChI is InChI=1S/C13H18FN3O2/c1-15-12-11(14)10(5-6-16-12)13(18)17-7-3-4-9(8-17)19-2/h5-6,9H,3-4,7-8H2,1-2H3,(H,15,16). The third kappa shape index (κ3) is 2.84. The van der Waals surface area contributed by atoms with Crippen LogP contribution in [-0.4, -0.2) is 49.1 Å². The number of amides is 1. The van der Waals surface area contributed by atoms with Gasteiger partial charge >= 0.3 is 0 Å². The normalized spacial score (nSPS) is 19.3. The molecule has 0 aliphatic carbocycles. The maximum atomic E-state index is 14.1. The Kier molecular flexibility index (Phi) is 4.31. The number of hydrogen-bond acceptors (Lipinski definition) is 4. The number of pyridine rings is 1. The lowest BCUT2D eigenvalue weighted by atomic mass is 10.1. The summed E-state index contributed by atoms with van der Waals surface area (Å²) >= 11 is 0. The van der Waals surface area contributed by atoms with Gasteiger partial charge in [0.2, 0.25) is 0 Å². The second kappa shape index (κ2) is 5.97. The van der Waals surface area contributed by atoms with Crippen LogP contribution in [0.4, 0.5) is 10.2 Å². The minimum absolute atomic E-state index is 0.0337. The second-order valence-electron chi connectivity index (χ2n) is 4.52. The Morgan fingerprint density at radius 1 is 1.63 bits per heavy atom. The summed E-state index contributed by atoms with van der Waals surface area (Å²) in [6.07, 6.45) is 3.27. The van der Waals surface area contributed by atoms with Crippen LogP contribution in [0, 0.1) is 5.82 Å². The van der Waals surface area contributed by atoms with Gasteiger partial charge in [0.1, 0.15) is 0 Å². The van der Waals surface area contributed by atoms with E-state index in [4.69, 9.17) is 4.74 Å². The van der Waals surface area contributed by atoms with Crippen LogP contribution in [0.5, 0.6) is 0 Å². The zero-order valence-electron chi connectivity index (χ0n) is 11.1. The number of ether oxygens (including phenoxy) is 1. The molecule has 0 aromatic carbocycles. The number of anilines is 1. The largest absolute Gasteiger partial charge is 0.380 e. The summed E-state index contributed by atoms with van der Waals surface area (Å²) in [5.41, 5.74) is 0.0519. The van der Waals surface area contributed by atoms with Gasteiger partial charge in [-0.05, 0) is 18.9 Å². The topological polar surface area (TPSA) is 54.5 Å². The first-order valence-electron chi connectivity index (χ1n) is 6.31.